The molecule has 1 atom stereocenters. The standard InChI is InChI=1S/C12H14BrN/c13-10-4-2-1-3-9(10)11-12(5-6-12)7-8-14-11/h1-4,11,14H,5-8H2. The van der Waals surface area contributed by atoms with Crippen molar-refractivity contribution in [2.75, 3.05) is 6.54 Å². The van der Waals surface area contributed by atoms with Crippen LogP contribution in [0.2, 0.25) is 0 Å². The van der Waals surface area contributed by atoms with E-state index in [0.29, 0.717) is 11.5 Å². The van der Waals surface area contributed by atoms with E-state index in [2.05, 4.69) is 45.5 Å². The zero-order valence-corrected chi connectivity index (χ0v) is 9.68. The van der Waals surface area contributed by atoms with Crippen LogP contribution < -0.4 is 5.32 Å². The minimum absolute atomic E-state index is 0.595. The fourth-order valence-corrected chi connectivity index (χ4v) is 3.19. The van der Waals surface area contributed by atoms with E-state index >= 15 is 0 Å². The van der Waals surface area contributed by atoms with Gasteiger partial charge in [0.05, 0.1) is 0 Å². The minimum atomic E-state index is 0.595. The predicted molar refractivity (Wildman–Crippen MR) is 61.2 cm³/mol. The molecule has 1 saturated heterocycles. The van der Waals surface area contributed by atoms with Crippen molar-refractivity contribution in [1.29, 1.82) is 0 Å². The van der Waals surface area contributed by atoms with Gasteiger partial charge < -0.3 is 5.32 Å². The van der Waals surface area contributed by atoms with Crippen molar-refractivity contribution < 1.29 is 0 Å². The van der Waals surface area contributed by atoms with Crippen molar-refractivity contribution in [2.45, 2.75) is 25.3 Å². The van der Waals surface area contributed by atoms with Crippen LogP contribution in [0.4, 0.5) is 0 Å². The molecule has 2 fully saturated rings. The van der Waals surface area contributed by atoms with Crippen molar-refractivity contribution in [3.63, 3.8) is 0 Å². The Balaban J connectivity index is 1.99. The Hall–Kier alpha value is -0.340. The highest BCUT2D eigenvalue weighted by Gasteiger charge is 2.52. The van der Waals surface area contributed by atoms with E-state index in [4.69, 9.17) is 0 Å². The largest absolute Gasteiger partial charge is 0.309 e. The molecule has 1 spiro atoms. The Morgan fingerprint density at radius 2 is 2.00 bits per heavy atom. The minimum Gasteiger partial charge on any atom is -0.309 e. The third-order valence-corrected chi connectivity index (χ3v) is 4.41. The van der Waals surface area contributed by atoms with Crippen LogP contribution in [0.25, 0.3) is 0 Å². The van der Waals surface area contributed by atoms with Crippen molar-refractivity contribution in [2.24, 2.45) is 5.41 Å². The smallest absolute Gasteiger partial charge is 0.0388 e. The van der Waals surface area contributed by atoms with Crippen molar-refractivity contribution in [1.82, 2.24) is 5.32 Å². The predicted octanol–water partition coefficient (Wildman–Crippen LogP) is 3.26. The van der Waals surface area contributed by atoms with Gasteiger partial charge in [-0.1, -0.05) is 34.1 Å². The maximum Gasteiger partial charge on any atom is 0.0388 e. The average molecular weight is 252 g/mol. The van der Waals surface area contributed by atoms with Crippen LogP contribution in [0.3, 0.4) is 0 Å². The Bertz CT molecular complexity index is 357. The summed E-state index contributed by atoms with van der Waals surface area (Å²) in [7, 11) is 0. The van der Waals surface area contributed by atoms with Crippen molar-refractivity contribution >= 4 is 15.9 Å². The first kappa shape index (κ1) is 8.93. The van der Waals surface area contributed by atoms with Gasteiger partial charge in [-0.3, -0.25) is 0 Å². The van der Waals surface area contributed by atoms with Gasteiger partial charge in [0.15, 0.2) is 0 Å². The molecule has 1 aromatic carbocycles. The zero-order chi connectivity index (χ0) is 9.60. The van der Waals surface area contributed by atoms with Crippen LogP contribution in [0, 0.1) is 5.41 Å². The van der Waals surface area contributed by atoms with Gasteiger partial charge in [0.25, 0.3) is 0 Å². The summed E-state index contributed by atoms with van der Waals surface area (Å²) in [5.41, 5.74) is 2.06. The van der Waals surface area contributed by atoms with Gasteiger partial charge in [0.2, 0.25) is 0 Å². The number of hydrogen-bond donors (Lipinski definition) is 1. The quantitative estimate of drug-likeness (QED) is 0.808. The highest BCUT2D eigenvalue weighted by molar-refractivity contribution is 9.10. The Labute approximate surface area is 93.0 Å². The number of rotatable bonds is 1. The molecule has 1 saturated carbocycles. The van der Waals surface area contributed by atoms with Crippen LogP contribution in [0.15, 0.2) is 28.7 Å². The molecule has 74 valence electrons. The normalized spacial score (nSPS) is 28.2. The summed E-state index contributed by atoms with van der Waals surface area (Å²) in [6, 6.07) is 9.20. The lowest BCUT2D eigenvalue weighted by atomic mass is 9.91. The van der Waals surface area contributed by atoms with E-state index in [1.165, 1.54) is 35.8 Å². The molecule has 0 bridgehead atoms. The van der Waals surface area contributed by atoms with E-state index < -0.39 is 0 Å². The molecule has 0 radical (unpaired) electrons. The number of hydrogen-bond acceptors (Lipinski definition) is 1. The summed E-state index contributed by atoms with van der Waals surface area (Å²) in [4.78, 5) is 0. The Morgan fingerprint density at radius 1 is 1.21 bits per heavy atom. The molecular weight excluding hydrogens is 238 g/mol. The van der Waals surface area contributed by atoms with E-state index in [1.54, 1.807) is 0 Å². The van der Waals surface area contributed by atoms with Crippen LogP contribution in [-0.4, -0.2) is 6.54 Å². The average Bonchev–Trinajstić information content (AvgIpc) is 2.82. The van der Waals surface area contributed by atoms with E-state index in [-0.39, 0.29) is 0 Å². The van der Waals surface area contributed by atoms with Gasteiger partial charge >= 0.3 is 0 Å². The van der Waals surface area contributed by atoms with Gasteiger partial charge in [0.1, 0.15) is 0 Å². The van der Waals surface area contributed by atoms with Crippen molar-refractivity contribution in [3.05, 3.63) is 34.3 Å². The second-order valence-electron chi connectivity index (χ2n) is 4.52. The highest BCUT2D eigenvalue weighted by Crippen LogP contribution is 2.60. The maximum absolute atomic E-state index is 3.65. The molecule has 1 aliphatic carbocycles. The second-order valence-corrected chi connectivity index (χ2v) is 5.38. The molecule has 14 heavy (non-hydrogen) atoms. The zero-order valence-electron chi connectivity index (χ0n) is 8.09. The van der Waals surface area contributed by atoms with E-state index in [9.17, 15) is 0 Å². The SMILES string of the molecule is Brc1ccccc1C1NCCC12CC2. The van der Waals surface area contributed by atoms with Gasteiger partial charge in [-0.25, -0.2) is 0 Å². The molecule has 2 aliphatic rings. The van der Waals surface area contributed by atoms with Crippen molar-refractivity contribution in [3.8, 4) is 0 Å². The molecule has 0 aromatic heterocycles. The Kier molecular flexibility index (Phi) is 1.96. The summed E-state index contributed by atoms with van der Waals surface area (Å²) in [5, 5.41) is 3.64. The third kappa shape index (κ3) is 1.24. The van der Waals surface area contributed by atoms with Crippen LogP contribution in [-0.2, 0) is 0 Å². The number of nitrogens with one attached hydrogen (secondary N) is 1. The number of halogens is 1. The van der Waals surface area contributed by atoms with Gasteiger partial charge in [-0.05, 0) is 42.9 Å². The molecule has 1 N–H and O–H groups in total. The van der Waals surface area contributed by atoms with Gasteiger partial charge in [-0.15, -0.1) is 0 Å². The molecule has 3 rings (SSSR count). The van der Waals surface area contributed by atoms with E-state index in [0.717, 1.165) is 0 Å². The first-order chi connectivity index (χ1) is 6.82. The summed E-state index contributed by atoms with van der Waals surface area (Å²) in [6.45, 7) is 1.19. The summed E-state index contributed by atoms with van der Waals surface area (Å²) in [5.74, 6) is 0. The molecule has 2 heteroatoms. The Morgan fingerprint density at radius 3 is 2.71 bits per heavy atom. The van der Waals surface area contributed by atoms with Gasteiger partial charge in [0, 0.05) is 10.5 Å². The lowest BCUT2D eigenvalue weighted by molar-refractivity contribution is 0.441. The van der Waals surface area contributed by atoms with Crippen LogP contribution in [0.1, 0.15) is 30.9 Å². The lowest BCUT2D eigenvalue weighted by Crippen LogP contribution is -2.18. The first-order valence-corrected chi connectivity index (χ1v) is 6.09. The van der Waals surface area contributed by atoms with E-state index in [1.807, 2.05) is 0 Å². The van der Waals surface area contributed by atoms with Crippen LogP contribution >= 0.6 is 15.9 Å². The second kappa shape index (κ2) is 3.07. The summed E-state index contributed by atoms with van der Waals surface area (Å²) in [6.07, 6.45) is 4.18. The molecule has 0 amide bonds. The highest BCUT2D eigenvalue weighted by atomic mass is 79.9. The molecule has 1 aliphatic heterocycles. The summed E-state index contributed by atoms with van der Waals surface area (Å²) >= 11 is 3.65. The molecule has 1 heterocycles. The van der Waals surface area contributed by atoms with Gasteiger partial charge in [-0.2, -0.15) is 0 Å². The fraction of sp³-hybridized carbons (Fsp3) is 0.500. The lowest BCUT2D eigenvalue weighted by Gasteiger charge is -2.20. The molecule has 1 nitrogen and oxygen atoms in total. The molecule has 1 aromatic rings. The molecule has 1 unspecified atom stereocenters. The van der Waals surface area contributed by atoms with Crippen LogP contribution in [0.5, 0.6) is 0 Å². The third-order valence-electron chi connectivity index (χ3n) is 3.69. The number of benzene rings is 1. The monoisotopic (exact) mass is 251 g/mol. The first-order valence-electron chi connectivity index (χ1n) is 5.30. The summed E-state index contributed by atoms with van der Waals surface area (Å²) < 4.78 is 1.26. The fourth-order valence-electron chi connectivity index (χ4n) is 2.67. The topological polar surface area (TPSA) is 12.0 Å². The maximum atomic E-state index is 3.65. The molecular formula is C12H14BrN.